The molecule has 32 heavy (non-hydrogen) atoms. The summed E-state index contributed by atoms with van der Waals surface area (Å²) in [6.07, 6.45) is 1.40. The number of rotatable bonds is 7. The number of anilines is 1. The fraction of sp³-hybridized carbons (Fsp3) is 0.318. The Balaban J connectivity index is 1.81. The van der Waals surface area contributed by atoms with Gasteiger partial charge in [-0.1, -0.05) is 12.1 Å². The van der Waals surface area contributed by atoms with Crippen LogP contribution < -0.4 is 16.2 Å². The Morgan fingerprint density at radius 2 is 1.97 bits per heavy atom. The normalized spacial score (nSPS) is 10.8. The number of benzene rings is 1. The Kier molecular flexibility index (Phi) is 7.04. The van der Waals surface area contributed by atoms with Crippen molar-refractivity contribution in [3.05, 3.63) is 56.4 Å². The van der Waals surface area contributed by atoms with Gasteiger partial charge in [0.2, 0.25) is 5.91 Å². The van der Waals surface area contributed by atoms with Crippen LogP contribution in [0.1, 0.15) is 44.5 Å². The Morgan fingerprint density at radius 3 is 2.66 bits per heavy atom. The van der Waals surface area contributed by atoms with Crippen LogP contribution in [0.4, 0.5) is 5.00 Å². The van der Waals surface area contributed by atoms with E-state index in [2.05, 4.69) is 15.6 Å². The first-order valence-corrected chi connectivity index (χ1v) is 10.9. The molecule has 1 aromatic carbocycles. The van der Waals surface area contributed by atoms with Crippen LogP contribution in [0, 0.1) is 13.8 Å². The van der Waals surface area contributed by atoms with Crippen molar-refractivity contribution in [2.24, 2.45) is 0 Å². The third-order valence-corrected chi connectivity index (χ3v) is 6.15. The van der Waals surface area contributed by atoms with E-state index in [1.54, 1.807) is 26.0 Å². The van der Waals surface area contributed by atoms with Gasteiger partial charge in [-0.15, -0.1) is 11.3 Å². The predicted molar refractivity (Wildman–Crippen MR) is 122 cm³/mol. The molecule has 0 atom stereocenters. The third-order valence-electron chi connectivity index (χ3n) is 4.95. The highest BCUT2D eigenvalue weighted by Gasteiger charge is 2.26. The van der Waals surface area contributed by atoms with Crippen molar-refractivity contribution in [1.82, 2.24) is 14.9 Å². The number of nitrogens with one attached hydrogen (secondary N) is 2. The molecule has 9 nitrogen and oxygen atoms in total. The first-order valence-electron chi connectivity index (χ1n) is 10.1. The number of esters is 1. The topological polar surface area (TPSA) is 119 Å². The van der Waals surface area contributed by atoms with E-state index < -0.39 is 11.9 Å². The maximum Gasteiger partial charge on any atom is 0.341 e. The molecular formula is C22H24N4O5S. The van der Waals surface area contributed by atoms with Gasteiger partial charge in [-0.25, -0.2) is 9.78 Å². The van der Waals surface area contributed by atoms with Crippen LogP contribution in [0.15, 0.2) is 29.3 Å². The zero-order chi connectivity index (χ0) is 23.4. The molecule has 3 aromatic rings. The smallest absolute Gasteiger partial charge is 0.341 e. The van der Waals surface area contributed by atoms with E-state index in [-0.39, 0.29) is 41.6 Å². The van der Waals surface area contributed by atoms with Crippen molar-refractivity contribution >= 4 is 45.0 Å². The van der Waals surface area contributed by atoms with Crippen LogP contribution >= 0.6 is 11.3 Å². The monoisotopic (exact) mass is 456 g/mol. The summed E-state index contributed by atoms with van der Waals surface area (Å²) < 4.78 is 6.46. The first-order chi connectivity index (χ1) is 15.3. The van der Waals surface area contributed by atoms with Crippen LogP contribution in [0.3, 0.4) is 0 Å². The van der Waals surface area contributed by atoms with Gasteiger partial charge in [-0.3, -0.25) is 19.0 Å². The molecule has 0 spiro atoms. The number of carbonyl (C=O) groups excluding carboxylic acids is 3. The van der Waals surface area contributed by atoms with E-state index in [4.69, 9.17) is 4.74 Å². The molecule has 0 aliphatic heterocycles. The second-order valence-corrected chi connectivity index (χ2v) is 8.09. The quantitative estimate of drug-likeness (QED) is 0.528. The Labute approximate surface area is 188 Å². The van der Waals surface area contributed by atoms with Crippen molar-refractivity contribution in [2.45, 2.75) is 33.7 Å². The highest BCUT2D eigenvalue weighted by atomic mass is 32.1. The lowest BCUT2D eigenvalue weighted by atomic mass is 10.1. The number of fused-ring (bicyclic) bond motifs is 1. The Hall–Kier alpha value is -3.53. The molecule has 0 bridgehead atoms. The number of aryl methyl sites for hydroxylation is 2. The zero-order valence-corrected chi connectivity index (χ0v) is 19.1. The lowest BCUT2D eigenvalue weighted by Crippen LogP contribution is -2.24. The molecule has 0 aliphatic carbocycles. The predicted octanol–water partition coefficient (Wildman–Crippen LogP) is 2.64. The van der Waals surface area contributed by atoms with Crippen molar-refractivity contribution in [1.29, 1.82) is 0 Å². The average Bonchev–Trinajstić information content (AvgIpc) is 3.09. The third kappa shape index (κ3) is 4.54. The molecule has 168 valence electrons. The van der Waals surface area contributed by atoms with Crippen molar-refractivity contribution < 1.29 is 19.1 Å². The van der Waals surface area contributed by atoms with E-state index in [0.29, 0.717) is 21.3 Å². The number of nitrogens with zero attached hydrogens (tertiary/aromatic N) is 2. The number of aromatic nitrogens is 2. The van der Waals surface area contributed by atoms with Gasteiger partial charge in [0.1, 0.15) is 5.00 Å². The second-order valence-electron chi connectivity index (χ2n) is 7.07. The van der Waals surface area contributed by atoms with Crippen LogP contribution in [-0.2, 0) is 16.1 Å². The Morgan fingerprint density at radius 1 is 1.22 bits per heavy atom. The number of thiophene rings is 1. The molecule has 0 radical (unpaired) electrons. The number of ether oxygens (including phenoxy) is 1. The van der Waals surface area contributed by atoms with Crippen LogP contribution in [0.2, 0.25) is 0 Å². The minimum Gasteiger partial charge on any atom is -0.462 e. The summed E-state index contributed by atoms with van der Waals surface area (Å²) >= 11 is 1.00. The molecular weight excluding hydrogens is 432 g/mol. The summed E-state index contributed by atoms with van der Waals surface area (Å²) in [5, 5.41) is 5.94. The number of hydrogen-bond acceptors (Lipinski definition) is 7. The van der Waals surface area contributed by atoms with E-state index in [1.807, 2.05) is 13.0 Å². The summed E-state index contributed by atoms with van der Waals surface area (Å²) in [7, 11) is 1.49. The van der Waals surface area contributed by atoms with Gasteiger partial charge >= 0.3 is 5.97 Å². The molecule has 0 saturated carbocycles. The number of para-hydroxylation sites is 1. The van der Waals surface area contributed by atoms with E-state index in [9.17, 15) is 19.2 Å². The van der Waals surface area contributed by atoms with Gasteiger partial charge < -0.3 is 15.4 Å². The first kappa shape index (κ1) is 23.1. The maximum absolute atomic E-state index is 12.7. The fourth-order valence-corrected chi connectivity index (χ4v) is 4.45. The molecule has 10 heteroatoms. The van der Waals surface area contributed by atoms with Crippen LogP contribution in [0.5, 0.6) is 0 Å². The van der Waals surface area contributed by atoms with Crippen molar-refractivity contribution in [2.75, 3.05) is 19.0 Å². The van der Waals surface area contributed by atoms with Crippen LogP contribution in [-0.4, -0.2) is 41.0 Å². The average molecular weight is 457 g/mol. The molecule has 2 N–H and O–H groups in total. The van der Waals surface area contributed by atoms with E-state index in [0.717, 1.165) is 16.9 Å². The SMILES string of the molecule is CCOC(=O)c1c(NC(=O)CCn2cnc3c(C)cccc3c2=O)sc(C(=O)NC)c1C. The van der Waals surface area contributed by atoms with Gasteiger partial charge in [-0.05, 0) is 38.0 Å². The number of amides is 2. The molecule has 2 heterocycles. The zero-order valence-electron chi connectivity index (χ0n) is 18.3. The standard InChI is InChI=1S/C22H24N4O5S/c1-5-31-22(30)16-13(3)18(19(28)23-4)32-20(16)25-15(27)9-10-26-11-24-17-12(2)7-6-8-14(17)21(26)29/h6-8,11H,5,9-10H2,1-4H3,(H,23,28)(H,25,27). The van der Waals surface area contributed by atoms with Crippen molar-refractivity contribution in [3.63, 3.8) is 0 Å². The molecule has 0 fully saturated rings. The summed E-state index contributed by atoms with van der Waals surface area (Å²) in [5.74, 6) is -1.38. The molecule has 0 saturated heterocycles. The molecule has 3 rings (SSSR count). The van der Waals surface area contributed by atoms with Gasteiger partial charge in [0, 0.05) is 20.0 Å². The Bertz CT molecular complexity index is 1260. The highest BCUT2D eigenvalue weighted by molar-refractivity contribution is 7.18. The van der Waals surface area contributed by atoms with Gasteiger partial charge in [0.15, 0.2) is 0 Å². The summed E-state index contributed by atoms with van der Waals surface area (Å²) in [6.45, 7) is 5.46. The molecule has 0 unspecified atom stereocenters. The minimum atomic E-state index is -0.614. The lowest BCUT2D eigenvalue weighted by Gasteiger charge is -2.09. The van der Waals surface area contributed by atoms with E-state index >= 15 is 0 Å². The maximum atomic E-state index is 12.7. The molecule has 2 aromatic heterocycles. The lowest BCUT2D eigenvalue weighted by molar-refractivity contribution is -0.116. The summed E-state index contributed by atoms with van der Waals surface area (Å²) in [6, 6.07) is 5.37. The van der Waals surface area contributed by atoms with E-state index in [1.165, 1.54) is 17.9 Å². The minimum absolute atomic E-state index is 0.0204. The molecule has 0 aliphatic rings. The van der Waals surface area contributed by atoms with Crippen molar-refractivity contribution in [3.8, 4) is 0 Å². The fourth-order valence-electron chi connectivity index (χ4n) is 3.29. The number of carbonyl (C=O) groups is 3. The number of hydrogen-bond donors (Lipinski definition) is 2. The summed E-state index contributed by atoms with van der Waals surface area (Å²) in [4.78, 5) is 54.5. The van der Waals surface area contributed by atoms with Gasteiger partial charge in [0.05, 0.1) is 34.3 Å². The highest BCUT2D eigenvalue weighted by Crippen LogP contribution is 2.34. The largest absolute Gasteiger partial charge is 0.462 e. The van der Waals surface area contributed by atoms with Gasteiger partial charge in [0.25, 0.3) is 11.5 Å². The second kappa shape index (κ2) is 9.73. The van der Waals surface area contributed by atoms with Gasteiger partial charge in [-0.2, -0.15) is 0 Å². The van der Waals surface area contributed by atoms with Crippen LogP contribution in [0.25, 0.3) is 10.9 Å². The summed E-state index contributed by atoms with van der Waals surface area (Å²) in [5.41, 5.74) is 1.90. The molecule has 2 amide bonds.